The van der Waals surface area contributed by atoms with Crippen molar-refractivity contribution in [2.75, 3.05) is 26.4 Å². The molecule has 1 rings (SSSR count). The van der Waals surface area contributed by atoms with E-state index in [1.165, 1.54) is 0 Å². The van der Waals surface area contributed by atoms with Crippen molar-refractivity contribution in [1.29, 1.82) is 5.26 Å². The van der Waals surface area contributed by atoms with E-state index in [2.05, 4.69) is 6.58 Å². The van der Waals surface area contributed by atoms with Gasteiger partial charge in [0.05, 0.1) is 24.8 Å². The average Bonchev–Trinajstić information content (AvgIpc) is 2.46. The van der Waals surface area contributed by atoms with Crippen molar-refractivity contribution in [2.24, 2.45) is 0 Å². The highest BCUT2D eigenvalue weighted by atomic mass is 16.6. The van der Waals surface area contributed by atoms with Crippen LogP contribution in [0.2, 0.25) is 0 Å². The van der Waals surface area contributed by atoms with Gasteiger partial charge >= 0.3 is 5.97 Å². The first kappa shape index (κ1) is 14.7. The lowest BCUT2D eigenvalue weighted by Crippen LogP contribution is -2.12. The van der Waals surface area contributed by atoms with Gasteiger partial charge in [0, 0.05) is 6.08 Å². The second kappa shape index (κ2) is 8.72. The topological polar surface area (TPSA) is 68.6 Å². The van der Waals surface area contributed by atoms with E-state index in [0.29, 0.717) is 31.1 Å². The maximum absolute atomic E-state index is 10.7. The molecule has 0 heterocycles. The lowest BCUT2D eigenvalue weighted by molar-refractivity contribution is -0.139. The lowest BCUT2D eigenvalue weighted by Gasteiger charge is -2.07. The molecule has 0 atom stereocenters. The van der Waals surface area contributed by atoms with E-state index in [1.807, 2.05) is 6.07 Å². The monoisotopic (exact) mass is 261 g/mol. The van der Waals surface area contributed by atoms with E-state index in [-0.39, 0.29) is 6.61 Å². The summed E-state index contributed by atoms with van der Waals surface area (Å²) in [7, 11) is 0. The molecular weight excluding hydrogens is 246 g/mol. The van der Waals surface area contributed by atoms with Gasteiger partial charge in [0.25, 0.3) is 0 Å². The maximum Gasteiger partial charge on any atom is 0.330 e. The van der Waals surface area contributed by atoms with Crippen LogP contribution in [0.3, 0.4) is 0 Å². The molecule has 0 radical (unpaired) electrons. The summed E-state index contributed by atoms with van der Waals surface area (Å²) in [6.45, 7) is 4.58. The highest BCUT2D eigenvalue weighted by Gasteiger charge is 1.97. The summed E-state index contributed by atoms with van der Waals surface area (Å²) >= 11 is 0. The minimum absolute atomic E-state index is 0.196. The highest BCUT2D eigenvalue weighted by molar-refractivity contribution is 5.81. The van der Waals surface area contributed by atoms with Crippen LogP contribution in [0, 0.1) is 11.3 Å². The molecule has 0 bridgehead atoms. The summed E-state index contributed by atoms with van der Waals surface area (Å²) in [4.78, 5) is 10.7. The molecule has 1 aromatic carbocycles. The Morgan fingerprint density at radius 1 is 1.21 bits per heavy atom. The van der Waals surface area contributed by atoms with Crippen LogP contribution < -0.4 is 4.74 Å². The van der Waals surface area contributed by atoms with Gasteiger partial charge in [-0.15, -0.1) is 0 Å². The van der Waals surface area contributed by atoms with Crippen molar-refractivity contribution in [3.05, 3.63) is 42.5 Å². The van der Waals surface area contributed by atoms with Gasteiger partial charge in [-0.2, -0.15) is 5.26 Å². The fourth-order valence-corrected chi connectivity index (χ4v) is 1.21. The Labute approximate surface area is 112 Å². The second-order valence-corrected chi connectivity index (χ2v) is 3.47. The van der Waals surface area contributed by atoms with E-state index >= 15 is 0 Å². The average molecular weight is 261 g/mol. The first-order chi connectivity index (χ1) is 9.26. The van der Waals surface area contributed by atoms with E-state index < -0.39 is 5.97 Å². The van der Waals surface area contributed by atoms with Gasteiger partial charge in [0.2, 0.25) is 0 Å². The minimum atomic E-state index is -0.461. The molecule has 0 amide bonds. The van der Waals surface area contributed by atoms with Crippen molar-refractivity contribution in [2.45, 2.75) is 0 Å². The summed E-state index contributed by atoms with van der Waals surface area (Å²) in [6.07, 6.45) is 1.11. The van der Waals surface area contributed by atoms with Crippen molar-refractivity contribution >= 4 is 5.97 Å². The minimum Gasteiger partial charge on any atom is -0.491 e. The number of nitrogens with zero attached hydrogens (tertiary/aromatic N) is 1. The molecule has 0 aromatic heterocycles. The zero-order valence-corrected chi connectivity index (χ0v) is 10.5. The maximum atomic E-state index is 10.7. The Hall–Kier alpha value is -2.32. The quantitative estimate of drug-likeness (QED) is 0.404. The summed E-state index contributed by atoms with van der Waals surface area (Å²) in [5, 5.41) is 8.63. The van der Waals surface area contributed by atoms with Gasteiger partial charge in [-0.25, -0.2) is 4.79 Å². The standard InChI is InChI=1S/C14H15NO4/c1-2-14(16)19-10-8-17-7-9-18-13-5-3-12(11-15)4-6-13/h2-6H,1,7-10H2. The van der Waals surface area contributed by atoms with E-state index in [9.17, 15) is 4.79 Å². The van der Waals surface area contributed by atoms with Crippen molar-refractivity contribution in [3.8, 4) is 11.8 Å². The number of ether oxygens (including phenoxy) is 3. The van der Waals surface area contributed by atoms with Crippen LogP contribution >= 0.6 is 0 Å². The number of carbonyl (C=O) groups is 1. The zero-order chi connectivity index (χ0) is 13.9. The van der Waals surface area contributed by atoms with Crippen LogP contribution in [0.5, 0.6) is 5.75 Å². The van der Waals surface area contributed by atoms with Gasteiger partial charge in [-0.1, -0.05) is 6.58 Å². The Bertz CT molecular complexity index is 448. The van der Waals surface area contributed by atoms with Crippen LogP contribution in [0.4, 0.5) is 0 Å². The summed E-state index contributed by atoms with van der Waals surface area (Å²) in [5.74, 6) is 0.220. The number of hydrogen-bond donors (Lipinski definition) is 0. The number of benzene rings is 1. The molecule has 0 fully saturated rings. The van der Waals surface area contributed by atoms with Crippen LogP contribution in [0.15, 0.2) is 36.9 Å². The molecule has 5 heteroatoms. The predicted molar refractivity (Wildman–Crippen MR) is 68.6 cm³/mol. The van der Waals surface area contributed by atoms with Crippen molar-refractivity contribution < 1.29 is 19.0 Å². The van der Waals surface area contributed by atoms with Gasteiger partial charge in [0.1, 0.15) is 19.0 Å². The van der Waals surface area contributed by atoms with Crippen molar-refractivity contribution in [1.82, 2.24) is 0 Å². The zero-order valence-electron chi connectivity index (χ0n) is 10.5. The van der Waals surface area contributed by atoms with Crippen LogP contribution in [-0.2, 0) is 14.3 Å². The molecule has 0 aliphatic carbocycles. The number of esters is 1. The van der Waals surface area contributed by atoms with Crippen LogP contribution in [-0.4, -0.2) is 32.4 Å². The van der Waals surface area contributed by atoms with E-state index in [0.717, 1.165) is 6.08 Å². The van der Waals surface area contributed by atoms with Gasteiger partial charge < -0.3 is 14.2 Å². The third-order valence-corrected chi connectivity index (χ3v) is 2.12. The third kappa shape index (κ3) is 6.24. The van der Waals surface area contributed by atoms with Gasteiger partial charge in [0.15, 0.2) is 0 Å². The molecule has 0 saturated carbocycles. The molecular formula is C14H15NO4. The number of nitriles is 1. The fourth-order valence-electron chi connectivity index (χ4n) is 1.21. The molecule has 19 heavy (non-hydrogen) atoms. The largest absolute Gasteiger partial charge is 0.491 e. The molecule has 5 nitrogen and oxygen atoms in total. The number of carbonyl (C=O) groups excluding carboxylic acids is 1. The Morgan fingerprint density at radius 2 is 1.89 bits per heavy atom. The van der Waals surface area contributed by atoms with Gasteiger partial charge in [-0.3, -0.25) is 0 Å². The van der Waals surface area contributed by atoms with Crippen LogP contribution in [0.25, 0.3) is 0 Å². The SMILES string of the molecule is C=CC(=O)OCCOCCOc1ccc(C#N)cc1. The summed E-state index contributed by atoms with van der Waals surface area (Å²) < 4.78 is 15.3. The molecule has 100 valence electrons. The molecule has 0 aliphatic rings. The van der Waals surface area contributed by atoms with Gasteiger partial charge in [-0.05, 0) is 24.3 Å². The molecule has 0 spiro atoms. The summed E-state index contributed by atoms with van der Waals surface area (Å²) in [5.41, 5.74) is 0.590. The Kier molecular flexibility index (Phi) is 6.77. The molecule has 0 saturated heterocycles. The van der Waals surface area contributed by atoms with E-state index in [1.54, 1.807) is 24.3 Å². The smallest absolute Gasteiger partial charge is 0.330 e. The molecule has 0 N–H and O–H groups in total. The summed E-state index contributed by atoms with van der Waals surface area (Å²) in [6, 6.07) is 8.85. The molecule has 0 unspecified atom stereocenters. The Morgan fingerprint density at radius 3 is 2.53 bits per heavy atom. The van der Waals surface area contributed by atoms with E-state index in [4.69, 9.17) is 19.5 Å². The van der Waals surface area contributed by atoms with Crippen molar-refractivity contribution in [3.63, 3.8) is 0 Å². The van der Waals surface area contributed by atoms with Crippen LogP contribution in [0.1, 0.15) is 5.56 Å². The first-order valence-electron chi connectivity index (χ1n) is 5.76. The molecule has 1 aromatic rings. The lowest BCUT2D eigenvalue weighted by atomic mass is 10.2. The highest BCUT2D eigenvalue weighted by Crippen LogP contribution is 2.11. The first-order valence-corrected chi connectivity index (χ1v) is 5.76. The second-order valence-electron chi connectivity index (χ2n) is 3.47. The number of hydrogen-bond acceptors (Lipinski definition) is 5. The number of rotatable bonds is 8. The Balaban J connectivity index is 2.06. The fraction of sp³-hybridized carbons (Fsp3) is 0.286. The predicted octanol–water partition coefficient (Wildman–Crippen LogP) is 1.68. The normalized spacial score (nSPS) is 9.42. The third-order valence-electron chi connectivity index (χ3n) is 2.12. The molecule has 0 aliphatic heterocycles.